The lowest BCUT2D eigenvalue weighted by Gasteiger charge is -2.12. The van der Waals surface area contributed by atoms with Crippen molar-refractivity contribution in [2.75, 3.05) is 6.61 Å². The summed E-state index contributed by atoms with van der Waals surface area (Å²) in [5.74, 6) is 1.57. The number of aromatic nitrogens is 2. The van der Waals surface area contributed by atoms with Crippen LogP contribution in [0.2, 0.25) is 5.02 Å². The van der Waals surface area contributed by atoms with Gasteiger partial charge in [-0.25, -0.2) is 4.98 Å². The van der Waals surface area contributed by atoms with Gasteiger partial charge in [-0.1, -0.05) is 11.6 Å². The summed E-state index contributed by atoms with van der Waals surface area (Å²) in [5, 5.41) is 10.9. The minimum atomic E-state index is -0.591. The minimum Gasteiger partial charge on any atom is -0.494 e. The zero-order chi connectivity index (χ0) is 19.6. The largest absolute Gasteiger partial charge is 0.494 e. The van der Waals surface area contributed by atoms with Gasteiger partial charge in [0.2, 0.25) is 0 Å². The molecule has 1 atom stereocenters. The molecule has 4 nitrogen and oxygen atoms in total. The van der Waals surface area contributed by atoms with Crippen LogP contribution in [0.4, 0.5) is 0 Å². The Hall–Kier alpha value is -2.04. The summed E-state index contributed by atoms with van der Waals surface area (Å²) >= 11 is 6.05. The number of rotatable bonds is 7. The van der Waals surface area contributed by atoms with Crippen LogP contribution in [0.5, 0.6) is 5.75 Å². The third kappa shape index (κ3) is 4.45. The van der Waals surface area contributed by atoms with E-state index in [1.165, 1.54) is 11.1 Å². The zero-order valence-electron chi connectivity index (χ0n) is 16.4. The van der Waals surface area contributed by atoms with Gasteiger partial charge in [-0.3, -0.25) is 0 Å². The molecule has 1 heterocycles. The lowest BCUT2D eigenvalue weighted by Crippen LogP contribution is -2.08. The van der Waals surface area contributed by atoms with Gasteiger partial charge in [0.15, 0.2) is 0 Å². The summed E-state index contributed by atoms with van der Waals surface area (Å²) in [6.07, 6.45) is 1.28. The van der Waals surface area contributed by atoms with Gasteiger partial charge in [0, 0.05) is 11.6 Å². The number of halogens is 1. The minimum absolute atomic E-state index is 0.591. The van der Waals surface area contributed by atoms with Gasteiger partial charge in [0.05, 0.1) is 17.6 Å². The number of aliphatic hydroxyl groups is 1. The molecule has 0 aliphatic carbocycles. The number of ether oxygens (including phenoxy) is 1. The van der Waals surface area contributed by atoms with E-state index in [0.29, 0.717) is 6.61 Å². The molecule has 1 unspecified atom stereocenters. The maximum absolute atomic E-state index is 10.1. The topological polar surface area (TPSA) is 47.3 Å². The molecule has 0 saturated carbocycles. The number of hydrogen-bond acceptors (Lipinski definition) is 3. The maximum atomic E-state index is 10.1. The lowest BCUT2D eigenvalue weighted by atomic mass is 10.1. The van der Waals surface area contributed by atoms with Crippen LogP contribution in [-0.2, 0) is 6.54 Å². The Morgan fingerprint density at radius 1 is 1.07 bits per heavy atom. The van der Waals surface area contributed by atoms with Gasteiger partial charge in [-0.05, 0) is 87.6 Å². The van der Waals surface area contributed by atoms with Crippen molar-refractivity contribution < 1.29 is 9.84 Å². The summed E-state index contributed by atoms with van der Waals surface area (Å²) in [6, 6.07) is 9.98. The second-order valence-corrected chi connectivity index (χ2v) is 7.60. The van der Waals surface area contributed by atoms with E-state index in [1.807, 2.05) is 25.1 Å². The van der Waals surface area contributed by atoms with Gasteiger partial charge in [-0.2, -0.15) is 0 Å². The Labute approximate surface area is 165 Å². The lowest BCUT2D eigenvalue weighted by molar-refractivity contribution is 0.184. The molecule has 0 aliphatic rings. The molecule has 1 N–H and O–H groups in total. The second kappa shape index (κ2) is 8.32. The zero-order valence-corrected chi connectivity index (χ0v) is 17.2. The molecule has 0 amide bonds. The number of aryl methyl sites for hydroxylation is 4. The Morgan fingerprint density at radius 2 is 1.81 bits per heavy atom. The monoisotopic (exact) mass is 386 g/mol. The predicted molar refractivity (Wildman–Crippen MR) is 111 cm³/mol. The van der Waals surface area contributed by atoms with Crippen LogP contribution in [0.1, 0.15) is 48.4 Å². The molecule has 0 radical (unpaired) electrons. The fourth-order valence-electron chi connectivity index (χ4n) is 3.22. The number of aliphatic hydroxyl groups excluding tert-OH is 1. The van der Waals surface area contributed by atoms with Crippen molar-refractivity contribution in [3.05, 3.63) is 57.9 Å². The van der Waals surface area contributed by atoms with Crippen molar-refractivity contribution in [1.82, 2.24) is 9.55 Å². The van der Waals surface area contributed by atoms with Gasteiger partial charge in [0.25, 0.3) is 0 Å². The van der Waals surface area contributed by atoms with Crippen molar-refractivity contribution in [2.45, 2.75) is 53.2 Å². The van der Waals surface area contributed by atoms with Crippen LogP contribution >= 0.6 is 11.6 Å². The Bertz CT molecular complexity index is 947. The van der Waals surface area contributed by atoms with E-state index in [1.54, 1.807) is 6.92 Å². The molecule has 3 rings (SSSR count). The van der Waals surface area contributed by atoms with Gasteiger partial charge in [0.1, 0.15) is 17.7 Å². The average Bonchev–Trinajstić information content (AvgIpc) is 2.96. The van der Waals surface area contributed by atoms with E-state index >= 15 is 0 Å². The fraction of sp³-hybridized carbons (Fsp3) is 0.409. The van der Waals surface area contributed by atoms with Crippen LogP contribution < -0.4 is 4.74 Å². The quantitative estimate of drug-likeness (QED) is 0.543. The molecule has 144 valence electrons. The first-order chi connectivity index (χ1) is 12.9. The highest BCUT2D eigenvalue weighted by atomic mass is 35.5. The summed E-state index contributed by atoms with van der Waals surface area (Å²) in [5.41, 5.74) is 5.51. The maximum Gasteiger partial charge on any atom is 0.138 e. The Balaban J connectivity index is 1.64. The fourth-order valence-corrected chi connectivity index (χ4v) is 3.34. The molecule has 0 saturated heterocycles. The van der Waals surface area contributed by atoms with E-state index < -0.39 is 6.10 Å². The first kappa shape index (κ1) is 19.7. The van der Waals surface area contributed by atoms with Crippen molar-refractivity contribution in [3.63, 3.8) is 0 Å². The number of hydrogen-bond donors (Lipinski definition) is 1. The van der Waals surface area contributed by atoms with E-state index in [2.05, 4.69) is 35.5 Å². The van der Waals surface area contributed by atoms with E-state index in [9.17, 15) is 5.11 Å². The Kier molecular flexibility index (Phi) is 6.08. The van der Waals surface area contributed by atoms with E-state index in [0.717, 1.165) is 52.6 Å². The smallest absolute Gasteiger partial charge is 0.138 e. The normalized spacial score (nSPS) is 12.5. The molecular formula is C22H27ClN2O2. The summed E-state index contributed by atoms with van der Waals surface area (Å²) in [6.45, 7) is 9.39. The second-order valence-electron chi connectivity index (χ2n) is 7.19. The summed E-state index contributed by atoms with van der Waals surface area (Å²) in [4.78, 5) is 4.65. The molecule has 0 fully saturated rings. The highest BCUT2D eigenvalue weighted by Crippen LogP contribution is 2.25. The number of nitrogens with zero attached hydrogens (tertiary/aromatic N) is 2. The van der Waals surface area contributed by atoms with Crippen molar-refractivity contribution in [3.8, 4) is 5.75 Å². The molecule has 0 bridgehead atoms. The van der Waals surface area contributed by atoms with Crippen molar-refractivity contribution >= 4 is 22.6 Å². The van der Waals surface area contributed by atoms with Crippen LogP contribution in [-0.4, -0.2) is 21.3 Å². The van der Waals surface area contributed by atoms with E-state index in [4.69, 9.17) is 16.3 Å². The summed E-state index contributed by atoms with van der Waals surface area (Å²) < 4.78 is 7.97. The molecular weight excluding hydrogens is 360 g/mol. The standard InChI is InChI=1S/C22H27ClN2O2/c1-14-12-20-21(13-15(14)2)25(22(24-20)17(4)26)9-5-6-10-27-18-7-8-19(23)16(3)11-18/h7-8,11-13,17,26H,5-6,9-10H2,1-4H3. The van der Waals surface area contributed by atoms with Gasteiger partial charge < -0.3 is 14.4 Å². The number of benzene rings is 2. The summed E-state index contributed by atoms with van der Waals surface area (Å²) in [7, 11) is 0. The third-order valence-corrected chi connectivity index (χ3v) is 5.37. The van der Waals surface area contributed by atoms with Crippen molar-refractivity contribution in [2.24, 2.45) is 0 Å². The highest BCUT2D eigenvalue weighted by Gasteiger charge is 2.15. The predicted octanol–water partition coefficient (Wildman–Crippen LogP) is 5.53. The average molecular weight is 387 g/mol. The Morgan fingerprint density at radius 3 is 2.52 bits per heavy atom. The molecule has 27 heavy (non-hydrogen) atoms. The first-order valence-electron chi connectivity index (χ1n) is 9.41. The van der Waals surface area contributed by atoms with Crippen LogP contribution in [0.3, 0.4) is 0 Å². The number of unbranched alkanes of at least 4 members (excludes halogenated alkanes) is 1. The van der Waals surface area contributed by atoms with Gasteiger partial charge >= 0.3 is 0 Å². The number of fused-ring (bicyclic) bond motifs is 1. The van der Waals surface area contributed by atoms with Crippen LogP contribution in [0, 0.1) is 20.8 Å². The molecule has 2 aromatic carbocycles. The van der Waals surface area contributed by atoms with Crippen LogP contribution in [0.25, 0.3) is 11.0 Å². The SMILES string of the molecule is Cc1cc2nc(C(C)O)n(CCCCOc3ccc(Cl)c(C)c3)c2cc1C. The van der Waals surface area contributed by atoms with Crippen molar-refractivity contribution in [1.29, 1.82) is 0 Å². The molecule has 0 aliphatic heterocycles. The van der Waals surface area contributed by atoms with Gasteiger partial charge in [-0.15, -0.1) is 0 Å². The first-order valence-corrected chi connectivity index (χ1v) is 9.79. The molecule has 1 aromatic heterocycles. The number of imidazole rings is 1. The molecule has 5 heteroatoms. The van der Waals surface area contributed by atoms with Crippen LogP contribution in [0.15, 0.2) is 30.3 Å². The third-order valence-electron chi connectivity index (χ3n) is 4.94. The molecule has 0 spiro atoms. The molecule has 3 aromatic rings. The highest BCUT2D eigenvalue weighted by molar-refractivity contribution is 6.31. The van der Waals surface area contributed by atoms with E-state index in [-0.39, 0.29) is 0 Å².